The third kappa shape index (κ3) is 5.81. The van der Waals surface area contributed by atoms with Gasteiger partial charge in [-0.15, -0.1) is 10.2 Å². The number of nitrogens with one attached hydrogen (secondary N) is 2. The number of ether oxygens (including phenoxy) is 1. The van der Waals surface area contributed by atoms with E-state index in [1.807, 2.05) is 0 Å². The zero-order valence-electron chi connectivity index (χ0n) is 15.0. The molecule has 0 fully saturated rings. The van der Waals surface area contributed by atoms with Gasteiger partial charge in [0.25, 0.3) is 0 Å². The minimum Gasteiger partial charge on any atom is -0.422 e. The number of aliphatic hydroxyl groups is 2. The summed E-state index contributed by atoms with van der Waals surface area (Å²) in [5.74, 6) is -0.941. The Kier molecular flexibility index (Phi) is 7.51. The van der Waals surface area contributed by atoms with Crippen LogP contribution < -0.4 is 21.1 Å². The van der Waals surface area contributed by atoms with E-state index in [9.17, 15) is 14.7 Å². The van der Waals surface area contributed by atoms with E-state index in [-0.39, 0.29) is 41.2 Å². The van der Waals surface area contributed by atoms with Crippen LogP contribution >= 0.6 is 0 Å². The van der Waals surface area contributed by atoms with Gasteiger partial charge in [-0.05, 0) is 31.3 Å². The number of hydrogen-bond donors (Lipinski definition) is 5. The molecule has 0 spiro atoms. The summed E-state index contributed by atoms with van der Waals surface area (Å²) >= 11 is 0. The fourth-order valence-corrected chi connectivity index (χ4v) is 1.95. The summed E-state index contributed by atoms with van der Waals surface area (Å²) in [5.41, 5.74) is 6.27. The second kappa shape index (κ2) is 10.1. The number of nitrogens with zero attached hydrogens (tertiary/aromatic N) is 3. The molecular formula is C17H20N6O5. The molecule has 11 nitrogen and oxygen atoms in total. The van der Waals surface area contributed by atoms with Gasteiger partial charge in [-0.3, -0.25) is 4.79 Å². The minimum atomic E-state index is -1.66. The molecule has 11 heteroatoms. The van der Waals surface area contributed by atoms with Gasteiger partial charge in [0.2, 0.25) is 5.91 Å². The van der Waals surface area contributed by atoms with Crippen LogP contribution in [0.4, 0.5) is 23.0 Å². The number of amides is 1. The van der Waals surface area contributed by atoms with E-state index >= 15 is 0 Å². The first kappa shape index (κ1) is 20.9. The topological polar surface area (TPSA) is 172 Å². The zero-order chi connectivity index (χ0) is 20.5. The highest BCUT2D eigenvalue weighted by molar-refractivity contribution is 5.91. The number of likely N-dealkylation sites (N-methyl/N-ethyl adjacent to an activating group) is 1. The number of nitrogen functional groups attached to an aromatic ring is 1. The Morgan fingerprint density at radius 3 is 2.61 bits per heavy atom. The maximum atomic E-state index is 11.6. The Morgan fingerprint density at radius 1 is 1.21 bits per heavy atom. The first-order valence-electron chi connectivity index (χ1n) is 8.17. The maximum absolute atomic E-state index is 11.6. The highest BCUT2D eigenvalue weighted by Gasteiger charge is 2.17. The largest absolute Gasteiger partial charge is 0.422 e. The molecule has 1 atom stereocenters. The smallest absolute Gasteiger partial charge is 0.342 e. The number of para-hydroxylation sites is 1. The van der Waals surface area contributed by atoms with Crippen molar-refractivity contribution in [3.63, 3.8) is 0 Å². The summed E-state index contributed by atoms with van der Waals surface area (Å²) in [4.78, 5) is 27.2. The number of aliphatic hydroxyl groups excluding tert-OH is 2. The summed E-state index contributed by atoms with van der Waals surface area (Å²) in [7, 11) is 1.64. The fourth-order valence-electron chi connectivity index (χ4n) is 1.95. The third-order valence-electron chi connectivity index (χ3n) is 3.29. The van der Waals surface area contributed by atoms with E-state index in [0.29, 0.717) is 0 Å². The van der Waals surface area contributed by atoms with Gasteiger partial charge in [-0.1, -0.05) is 12.1 Å². The molecule has 0 radical (unpaired) electrons. The van der Waals surface area contributed by atoms with E-state index in [1.165, 1.54) is 24.3 Å². The van der Waals surface area contributed by atoms with Gasteiger partial charge in [-0.2, -0.15) is 0 Å². The molecule has 1 aromatic carbocycles. The van der Waals surface area contributed by atoms with Crippen molar-refractivity contribution in [2.24, 2.45) is 10.2 Å². The van der Waals surface area contributed by atoms with Crippen molar-refractivity contribution in [2.75, 3.05) is 31.2 Å². The number of carbonyl (C=O) groups is 2. The van der Waals surface area contributed by atoms with Gasteiger partial charge in [0, 0.05) is 0 Å². The first-order valence-corrected chi connectivity index (χ1v) is 8.17. The Labute approximate surface area is 160 Å². The van der Waals surface area contributed by atoms with Gasteiger partial charge in [-0.25, -0.2) is 9.78 Å². The van der Waals surface area contributed by atoms with E-state index in [0.717, 1.165) is 0 Å². The van der Waals surface area contributed by atoms with Crippen molar-refractivity contribution in [3.8, 4) is 5.75 Å². The standard InChI is InChI=1S/C17H20N6O5/c1-19-8-15(26)20-14-7-6-11(16(18)21-14)23-22-10-4-2-3-5-13(10)28-17(27)12(25)9-24/h2-7,12,19,24-25H,8-9H2,1H3,(H3,18,20,21,26)/t12-/m0/s1. The number of carbonyl (C=O) groups excluding carboxylic acids is 2. The normalized spacial score (nSPS) is 12.0. The lowest BCUT2D eigenvalue weighted by molar-refractivity contribution is -0.145. The number of esters is 1. The maximum Gasteiger partial charge on any atom is 0.342 e. The average Bonchev–Trinajstić information content (AvgIpc) is 2.67. The van der Waals surface area contributed by atoms with E-state index < -0.39 is 18.7 Å². The van der Waals surface area contributed by atoms with Gasteiger partial charge in [0.1, 0.15) is 17.2 Å². The molecule has 0 aliphatic carbocycles. The molecular weight excluding hydrogens is 368 g/mol. The number of nitrogens with two attached hydrogens (primary N) is 1. The van der Waals surface area contributed by atoms with Crippen LogP contribution in [0.1, 0.15) is 0 Å². The molecule has 2 aromatic rings. The molecule has 0 saturated heterocycles. The highest BCUT2D eigenvalue weighted by atomic mass is 16.6. The van der Waals surface area contributed by atoms with Crippen LogP contribution in [0.5, 0.6) is 5.75 Å². The lowest BCUT2D eigenvalue weighted by Gasteiger charge is -2.09. The van der Waals surface area contributed by atoms with Crippen LogP contribution in [0.3, 0.4) is 0 Å². The fraction of sp³-hybridized carbons (Fsp3) is 0.235. The first-order chi connectivity index (χ1) is 13.4. The second-order valence-corrected chi connectivity index (χ2v) is 5.47. The SMILES string of the molecule is CNCC(=O)Nc1ccc(N=Nc2ccccc2OC(=O)[C@@H](O)CO)c(N)n1. The number of anilines is 2. The van der Waals surface area contributed by atoms with Crippen molar-refractivity contribution in [1.82, 2.24) is 10.3 Å². The van der Waals surface area contributed by atoms with Crippen molar-refractivity contribution in [1.29, 1.82) is 0 Å². The van der Waals surface area contributed by atoms with Crippen molar-refractivity contribution in [2.45, 2.75) is 6.10 Å². The van der Waals surface area contributed by atoms with Crippen molar-refractivity contribution >= 4 is 34.9 Å². The Morgan fingerprint density at radius 2 is 1.93 bits per heavy atom. The Balaban J connectivity index is 2.15. The number of aromatic nitrogens is 1. The summed E-state index contributed by atoms with van der Waals surface area (Å²) in [6, 6.07) is 9.28. The Bertz CT molecular complexity index is 873. The van der Waals surface area contributed by atoms with E-state index in [4.69, 9.17) is 15.6 Å². The lowest BCUT2D eigenvalue weighted by Crippen LogP contribution is -2.28. The number of rotatable bonds is 8. The molecule has 6 N–H and O–H groups in total. The number of benzene rings is 1. The van der Waals surface area contributed by atoms with Gasteiger partial charge in [0.05, 0.1) is 13.2 Å². The van der Waals surface area contributed by atoms with Crippen LogP contribution in [-0.4, -0.2) is 53.4 Å². The zero-order valence-corrected chi connectivity index (χ0v) is 15.0. The predicted molar refractivity (Wildman–Crippen MR) is 101 cm³/mol. The number of hydrogen-bond acceptors (Lipinski definition) is 10. The molecule has 28 heavy (non-hydrogen) atoms. The predicted octanol–water partition coefficient (Wildman–Crippen LogP) is 0.496. The molecule has 0 unspecified atom stereocenters. The highest BCUT2D eigenvalue weighted by Crippen LogP contribution is 2.30. The lowest BCUT2D eigenvalue weighted by atomic mass is 10.3. The third-order valence-corrected chi connectivity index (χ3v) is 3.29. The second-order valence-electron chi connectivity index (χ2n) is 5.47. The monoisotopic (exact) mass is 388 g/mol. The average molecular weight is 388 g/mol. The van der Waals surface area contributed by atoms with E-state index in [1.54, 1.807) is 19.2 Å². The molecule has 1 heterocycles. The Hall–Kier alpha value is -3.41. The summed E-state index contributed by atoms with van der Waals surface area (Å²) in [6.45, 7) is -0.633. The molecule has 0 aliphatic rings. The van der Waals surface area contributed by atoms with E-state index in [2.05, 4.69) is 25.8 Å². The quantitative estimate of drug-likeness (QED) is 0.247. The minimum absolute atomic E-state index is 0.0381. The van der Waals surface area contributed by atoms with Crippen LogP contribution in [0.15, 0.2) is 46.6 Å². The van der Waals surface area contributed by atoms with Gasteiger partial charge >= 0.3 is 5.97 Å². The molecule has 2 rings (SSSR count). The van der Waals surface area contributed by atoms with Crippen molar-refractivity contribution in [3.05, 3.63) is 36.4 Å². The molecule has 0 bridgehead atoms. The molecule has 0 saturated carbocycles. The van der Waals surface area contributed by atoms with Crippen LogP contribution in [0.25, 0.3) is 0 Å². The summed E-state index contributed by atoms with van der Waals surface area (Å²) < 4.78 is 5.00. The van der Waals surface area contributed by atoms with Gasteiger partial charge < -0.3 is 31.3 Å². The van der Waals surface area contributed by atoms with Crippen molar-refractivity contribution < 1.29 is 24.5 Å². The van der Waals surface area contributed by atoms with Gasteiger partial charge in [0.15, 0.2) is 17.7 Å². The molecule has 1 aromatic heterocycles. The molecule has 0 aliphatic heterocycles. The van der Waals surface area contributed by atoms with Crippen LogP contribution in [0, 0.1) is 0 Å². The summed E-state index contributed by atoms with van der Waals surface area (Å²) in [6.07, 6.45) is -1.66. The van der Waals surface area contributed by atoms with Crippen LogP contribution in [0.2, 0.25) is 0 Å². The molecule has 148 valence electrons. The number of azo groups is 1. The number of pyridine rings is 1. The summed E-state index contributed by atoms with van der Waals surface area (Å²) in [5, 5.41) is 31.3. The van der Waals surface area contributed by atoms with Crippen LogP contribution in [-0.2, 0) is 9.59 Å². The molecule has 1 amide bonds.